The number of carbonyl (C=O) groups excluding carboxylic acids is 1. The third-order valence-corrected chi connectivity index (χ3v) is 4.20. The van der Waals surface area contributed by atoms with Crippen molar-refractivity contribution < 1.29 is 22.7 Å². The Bertz CT molecular complexity index is 701. The molecule has 0 aromatic heterocycles. The summed E-state index contributed by atoms with van der Waals surface area (Å²) in [4.78, 5) is 13.9. The predicted octanol–water partition coefficient (Wildman–Crippen LogP) is 3.40. The molecule has 0 fully saturated rings. The minimum atomic E-state index is -4.47. The van der Waals surface area contributed by atoms with Crippen LogP contribution in [0.25, 0.3) is 0 Å². The molecular weight excluding hydrogens is 341 g/mol. The monoisotopic (exact) mass is 358 g/mol. The molecule has 1 N–H and O–H groups in total. The molecule has 24 heavy (non-hydrogen) atoms. The molecule has 1 aromatic rings. The van der Waals surface area contributed by atoms with Crippen LogP contribution >= 0.6 is 12.2 Å². The summed E-state index contributed by atoms with van der Waals surface area (Å²) in [6.07, 6.45) is -4.47. The number of halogens is 3. The van der Waals surface area contributed by atoms with Crippen molar-refractivity contribution in [3.05, 3.63) is 46.7 Å². The fourth-order valence-electron chi connectivity index (χ4n) is 2.68. The van der Waals surface area contributed by atoms with E-state index in [1.54, 1.807) is 11.8 Å². The van der Waals surface area contributed by atoms with Crippen LogP contribution in [0.15, 0.2) is 35.5 Å². The van der Waals surface area contributed by atoms with E-state index < -0.39 is 23.8 Å². The van der Waals surface area contributed by atoms with E-state index in [4.69, 9.17) is 17.0 Å². The van der Waals surface area contributed by atoms with Crippen molar-refractivity contribution in [2.75, 3.05) is 13.7 Å². The van der Waals surface area contributed by atoms with Crippen molar-refractivity contribution in [3.8, 4) is 0 Å². The lowest BCUT2D eigenvalue weighted by Crippen LogP contribution is -2.47. The van der Waals surface area contributed by atoms with Gasteiger partial charge in [0.1, 0.15) is 0 Å². The van der Waals surface area contributed by atoms with Gasteiger partial charge in [-0.05, 0) is 43.8 Å². The van der Waals surface area contributed by atoms with Crippen molar-refractivity contribution in [1.82, 2.24) is 10.2 Å². The van der Waals surface area contributed by atoms with E-state index in [9.17, 15) is 18.0 Å². The van der Waals surface area contributed by atoms with Crippen molar-refractivity contribution in [2.24, 2.45) is 0 Å². The average molecular weight is 358 g/mol. The normalized spacial score (nSPS) is 18.5. The molecule has 8 heteroatoms. The second-order valence-corrected chi connectivity index (χ2v) is 5.63. The Morgan fingerprint density at radius 3 is 2.62 bits per heavy atom. The summed E-state index contributed by atoms with van der Waals surface area (Å²) >= 11 is 5.27. The highest BCUT2D eigenvalue weighted by atomic mass is 32.1. The lowest BCUT2D eigenvalue weighted by Gasteiger charge is -2.37. The van der Waals surface area contributed by atoms with Gasteiger partial charge < -0.3 is 15.0 Å². The van der Waals surface area contributed by atoms with Crippen LogP contribution in [0, 0.1) is 0 Å². The number of ether oxygens (including phenoxy) is 1. The number of carbonyl (C=O) groups is 1. The molecule has 4 nitrogen and oxygen atoms in total. The van der Waals surface area contributed by atoms with Gasteiger partial charge in [0.05, 0.1) is 24.3 Å². The zero-order valence-corrected chi connectivity index (χ0v) is 14.2. The van der Waals surface area contributed by atoms with E-state index in [-0.39, 0.29) is 5.57 Å². The van der Waals surface area contributed by atoms with Crippen LogP contribution in [0.4, 0.5) is 13.2 Å². The van der Waals surface area contributed by atoms with Gasteiger partial charge in [-0.25, -0.2) is 4.79 Å². The van der Waals surface area contributed by atoms with Gasteiger partial charge in [-0.1, -0.05) is 12.1 Å². The van der Waals surface area contributed by atoms with Gasteiger partial charge in [0.2, 0.25) is 0 Å². The van der Waals surface area contributed by atoms with Gasteiger partial charge in [-0.3, -0.25) is 0 Å². The number of nitrogens with zero attached hydrogens (tertiary/aromatic N) is 1. The zero-order valence-electron chi connectivity index (χ0n) is 13.4. The number of allylic oxidation sites excluding steroid dienone is 1. The van der Waals surface area contributed by atoms with E-state index in [0.29, 0.717) is 22.9 Å². The van der Waals surface area contributed by atoms with Gasteiger partial charge in [0.25, 0.3) is 0 Å². The number of nitrogens with one attached hydrogen (secondary N) is 1. The van der Waals surface area contributed by atoms with Crippen molar-refractivity contribution in [2.45, 2.75) is 26.1 Å². The first-order valence-corrected chi connectivity index (χ1v) is 7.65. The van der Waals surface area contributed by atoms with E-state index in [1.165, 1.54) is 19.2 Å². The second kappa shape index (κ2) is 6.80. The summed E-state index contributed by atoms with van der Waals surface area (Å²) in [5.74, 6) is -0.608. The third-order valence-electron chi connectivity index (χ3n) is 3.87. The molecule has 0 aliphatic carbocycles. The van der Waals surface area contributed by atoms with E-state index in [1.807, 2.05) is 6.92 Å². The number of rotatable bonds is 3. The molecule has 1 heterocycles. The Labute approximate surface area is 143 Å². The number of methoxy groups -OCH3 is 1. The molecule has 0 saturated heterocycles. The molecule has 0 bridgehead atoms. The maximum Gasteiger partial charge on any atom is 0.416 e. The highest BCUT2D eigenvalue weighted by molar-refractivity contribution is 7.80. The molecule has 2 rings (SSSR count). The summed E-state index contributed by atoms with van der Waals surface area (Å²) in [7, 11) is 1.23. The largest absolute Gasteiger partial charge is 0.466 e. The Hall–Kier alpha value is -2.09. The highest BCUT2D eigenvalue weighted by Crippen LogP contribution is 2.35. The molecule has 1 aromatic carbocycles. The lowest BCUT2D eigenvalue weighted by molar-refractivity contribution is -0.137. The first kappa shape index (κ1) is 18.3. The molecule has 1 aliphatic heterocycles. The summed E-state index contributed by atoms with van der Waals surface area (Å²) < 4.78 is 43.7. The number of esters is 1. The minimum absolute atomic E-state index is 0.243. The van der Waals surface area contributed by atoms with Gasteiger partial charge in [0, 0.05) is 12.2 Å². The van der Waals surface area contributed by atoms with Crippen LogP contribution in [0.3, 0.4) is 0 Å². The number of alkyl halides is 3. The van der Waals surface area contributed by atoms with Crippen molar-refractivity contribution in [1.29, 1.82) is 0 Å². The van der Waals surface area contributed by atoms with Crippen LogP contribution in [0.5, 0.6) is 0 Å². The Morgan fingerprint density at radius 2 is 2.08 bits per heavy atom. The van der Waals surface area contributed by atoms with Gasteiger partial charge >= 0.3 is 12.1 Å². The van der Waals surface area contributed by atoms with Gasteiger partial charge in [0.15, 0.2) is 5.11 Å². The maximum atomic E-state index is 13.0. The molecule has 1 atom stereocenters. The van der Waals surface area contributed by atoms with E-state index in [0.717, 1.165) is 12.1 Å². The van der Waals surface area contributed by atoms with Crippen LogP contribution in [0.2, 0.25) is 0 Å². The number of thiocarbonyl (C=S) groups is 1. The molecule has 0 saturated carbocycles. The van der Waals surface area contributed by atoms with Crippen molar-refractivity contribution >= 4 is 23.3 Å². The molecule has 0 unspecified atom stereocenters. The molecule has 0 spiro atoms. The fourth-order valence-corrected chi connectivity index (χ4v) is 3.06. The Balaban J connectivity index is 2.57. The summed E-state index contributed by atoms with van der Waals surface area (Å²) in [6, 6.07) is 4.03. The summed E-state index contributed by atoms with van der Waals surface area (Å²) in [6.45, 7) is 4.08. The number of hydrogen-bond acceptors (Lipinski definition) is 3. The zero-order chi connectivity index (χ0) is 18.1. The Morgan fingerprint density at radius 1 is 1.42 bits per heavy atom. The van der Waals surface area contributed by atoms with Crippen molar-refractivity contribution in [3.63, 3.8) is 0 Å². The average Bonchev–Trinajstić information content (AvgIpc) is 2.53. The summed E-state index contributed by atoms with van der Waals surface area (Å²) in [5, 5.41) is 3.29. The first-order chi connectivity index (χ1) is 11.2. The van der Waals surface area contributed by atoms with Crippen LogP contribution in [-0.4, -0.2) is 29.6 Å². The topological polar surface area (TPSA) is 41.6 Å². The molecular formula is C16H17F3N2O2S. The number of benzene rings is 1. The highest BCUT2D eigenvalue weighted by Gasteiger charge is 2.36. The first-order valence-electron chi connectivity index (χ1n) is 7.25. The molecule has 0 amide bonds. The Kier molecular flexibility index (Phi) is 5.17. The standard InChI is InChI=1S/C16H17F3N2O2S/c1-4-21-9(2)12(14(22)23-3)13(20-15(21)24)10-6-5-7-11(8-10)16(17,18)19/h5-8,13H,4H2,1-3H3,(H,20,24)/t13-/m1/s1. The molecule has 130 valence electrons. The van der Waals surface area contributed by atoms with Gasteiger partial charge in [-0.15, -0.1) is 0 Å². The van der Waals surface area contributed by atoms with Crippen LogP contribution in [-0.2, 0) is 15.7 Å². The third kappa shape index (κ3) is 3.38. The van der Waals surface area contributed by atoms with Gasteiger partial charge in [-0.2, -0.15) is 13.2 Å². The fraction of sp³-hybridized carbons (Fsp3) is 0.375. The maximum absolute atomic E-state index is 13.0. The molecule has 0 radical (unpaired) electrons. The smallest absolute Gasteiger partial charge is 0.416 e. The second-order valence-electron chi connectivity index (χ2n) is 5.24. The quantitative estimate of drug-likeness (QED) is 0.663. The SMILES string of the molecule is CCN1C(=S)N[C@H](c2cccc(C(F)(F)F)c2)C(C(=O)OC)=C1C. The predicted molar refractivity (Wildman–Crippen MR) is 87.0 cm³/mol. The number of hydrogen-bond donors (Lipinski definition) is 1. The van der Waals surface area contributed by atoms with E-state index in [2.05, 4.69) is 5.32 Å². The minimum Gasteiger partial charge on any atom is -0.466 e. The summed E-state index contributed by atoms with van der Waals surface area (Å²) in [5.41, 5.74) is 0.318. The lowest BCUT2D eigenvalue weighted by atomic mass is 9.93. The molecule has 1 aliphatic rings. The van der Waals surface area contributed by atoms with Crippen LogP contribution < -0.4 is 5.32 Å². The van der Waals surface area contributed by atoms with Crippen LogP contribution in [0.1, 0.15) is 31.0 Å². The van der Waals surface area contributed by atoms with E-state index >= 15 is 0 Å².